The summed E-state index contributed by atoms with van der Waals surface area (Å²) in [4.78, 5) is 30.0. The Bertz CT molecular complexity index is 1450. The normalized spacial score (nSPS) is 11.1. The zero-order valence-electron chi connectivity index (χ0n) is 19.9. The number of alkyl halides is 3. The number of anilines is 2. The van der Waals surface area contributed by atoms with Crippen LogP contribution < -0.4 is 20.1 Å². The van der Waals surface area contributed by atoms with Crippen LogP contribution in [0.25, 0.3) is 11.3 Å². The van der Waals surface area contributed by atoms with Crippen molar-refractivity contribution in [3.8, 4) is 28.8 Å². The van der Waals surface area contributed by atoms with Crippen LogP contribution in [0.2, 0.25) is 0 Å². The maximum Gasteiger partial charge on any atom is 0.416 e. The molecular formula is C25H21F3N6O3. The number of nitrogens with one attached hydrogen (secondary N) is 2. The lowest BCUT2D eigenvalue weighted by atomic mass is 10.1. The molecule has 2 N–H and O–H groups in total. The second kappa shape index (κ2) is 10.5. The van der Waals surface area contributed by atoms with E-state index in [9.17, 15) is 18.0 Å². The lowest BCUT2D eigenvalue weighted by Crippen LogP contribution is -2.14. The molecule has 0 saturated carbocycles. The van der Waals surface area contributed by atoms with Gasteiger partial charge in [-0.1, -0.05) is 0 Å². The van der Waals surface area contributed by atoms with Crippen LogP contribution in [-0.4, -0.2) is 40.0 Å². The lowest BCUT2D eigenvalue weighted by Gasteiger charge is -2.13. The molecule has 0 fully saturated rings. The fourth-order valence-corrected chi connectivity index (χ4v) is 3.37. The van der Waals surface area contributed by atoms with Crippen molar-refractivity contribution >= 4 is 17.5 Å². The van der Waals surface area contributed by atoms with Gasteiger partial charge in [-0.2, -0.15) is 13.2 Å². The highest BCUT2D eigenvalue weighted by Crippen LogP contribution is 2.34. The first-order chi connectivity index (χ1) is 17.7. The Kier molecular flexibility index (Phi) is 7.18. The molecule has 0 unspecified atom stereocenters. The summed E-state index contributed by atoms with van der Waals surface area (Å²) in [6, 6.07) is 11.0. The SMILES string of the molecule is CNc1nccc(-c2cccnc2Oc2cc(C(=O)Nc3cc(OC)cc(C(F)(F)F)c3)cc(C)n2)n1. The first-order valence-corrected chi connectivity index (χ1v) is 10.9. The number of ether oxygens (including phenoxy) is 2. The summed E-state index contributed by atoms with van der Waals surface area (Å²) in [5.74, 6) is -0.0440. The fourth-order valence-electron chi connectivity index (χ4n) is 3.37. The Hall–Kier alpha value is -4.74. The monoisotopic (exact) mass is 510 g/mol. The number of pyridine rings is 2. The number of carbonyl (C=O) groups excluding carboxylic acids is 1. The van der Waals surface area contributed by atoms with Gasteiger partial charge in [0.1, 0.15) is 5.75 Å². The number of aryl methyl sites for hydroxylation is 1. The molecule has 4 rings (SSSR count). The van der Waals surface area contributed by atoms with Crippen LogP contribution in [-0.2, 0) is 6.18 Å². The summed E-state index contributed by atoms with van der Waals surface area (Å²) >= 11 is 0. The molecule has 9 nitrogen and oxygen atoms in total. The molecule has 3 aromatic heterocycles. The van der Waals surface area contributed by atoms with Crippen LogP contribution in [0.4, 0.5) is 24.8 Å². The van der Waals surface area contributed by atoms with Crippen LogP contribution in [0.5, 0.6) is 17.5 Å². The zero-order valence-corrected chi connectivity index (χ0v) is 19.9. The quantitative estimate of drug-likeness (QED) is 0.342. The topological polar surface area (TPSA) is 111 Å². The predicted molar refractivity (Wildman–Crippen MR) is 130 cm³/mol. The standard InChI is InChI=1S/C25H21F3N6O3/c1-14-9-15(22(35)33-17-11-16(25(26,27)28)12-18(13-17)36-3)10-21(32-14)37-23-19(5-4-7-30-23)20-6-8-31-24(29-2)34-20/h4-13H,1-3H3,(H,33,35)(H,29,31,34). The Morgan fingerprint density at radius 3 is 2.54 bits per heavy atom. The Morgan fingerprint density at radius 1 is 1.00 bits per heavy atom. The average molecular weight is 510 g/mol. The van der Waals surface area contributed by atoms with E-state index in [1.54, 1.807) is 38.4 Å². The van der Waals surface area contributed by atoms with Gasteiger partial charge in [-0.3, -0.25) is 4.79 Å². The molecule has 12 heteroatoms. The molecule has 1 aromatic carbocycles. The smallest absolute Gasteiger partial charge is 0.416 e. The van der Waals surface area contributed by atoms with Crippen molar-refractivity contribution in [1.82, 2.24) is 19.9 Å². The Labute approximate surface area is 209 Å². The number of hydrogen-bond acceptors (Lipinski definition) is 8. The predicted octanol–water partition coefficient (Wildman–Crippen LogP) is 5.36. The molecule has 3 heterocycles. The minimum absolute atomic E-state index is 0.0473. The van der Waals surface area contributed by atoms with Crippen LogP contribution in [0.1, 0.15) is 21.6 Å². The molecule has 0 aliphatic heterocycles. The molecule has 1 amide bonds. The third-order valence-electron chi connectivity index (χ3n) is 5.05. The molecule has 0 radical (unpaired) electrons. The summed E-state index contributed by atoms with van der Waals surface area (Å²) in [6.07, 6.45) is -1.50. The molecule has 0 atom stereocenters. The largest absolute Gasteiger partial charge is 0.497 e. The second-order valence-electron chi connectivity index (χ2n) is 7.71. The van der Waals surface area contributed by atoms with Crippen LogP contribution in [0, 0.1) is 6.92 Å². The Balaban J connectivity index is 1.62. The van der Waals surface area contributed by atoms with Crippen molar-refractivity contribution in [2.24, 2.45) is 0 Å². The summed E-state index contributed by atoms with van der Waals surface area (Å²) in [5, 5.41) is 5.33. The minimum Gasteiger partial charge on any atom is -0.497 e. The van der Waals surface area contributed by atoms with Gasteiger partial charge >= 0.3 is 6.18 Å². The minimum atomic E-state index is -4.61. The highest BCUT2D eigenvalue weighted by Gasteiger charge is 2.31. The van der Waals surface area contributed by atoms with E-state index >= 15 is 0 Å². The number of carbonyl (C=O) groups is 1. The number of halogens is 3. The van der Waals surface area contributed by atoms with Gasteiger partial charge in [-0.15, -0.1) is 0 Å². The van der Waals surface area contributed by atoms with Gasteiger partial charge in [0, 0.05) is 48.5 Å². The van der Waals surface area contributed by atoms with Gasteiger partial charge in [-0.25, -0.2) is 19.9 Å². The van der Waals surface area contributed by atoms with E-state index in [4.69, 9.17) is 9.47 Å². The van der Waals surface area contributed by atoms with Gasteiger partial charge in [0.05, 0.1) is 23.9 Å². The molecular weight excluding hydrogens is 489 g/mol. The first kappa shape index (κ1) is 25.4. The first-order valence-electron chi connectivity index (χ1n) is 10.9. The summed E-state index contributed by atoms with van der Waals surface area (Å²) in [7, 11) is 2.93. The van der Waals surface area contributed by atoms with Crippen molar-refractivity contribution in [1.29, 1.82) is 0 Å². The number of methoxy groups -OCH3 is 1. The van der Waals surface area contributed by atoms with Crippen molar-refractivity contribution in [2.45, 2.75) is 13.1 Å². The molecule has 0 bridgehead atoms. The van der Waals surface area contributed by atoms with Gasteiger partial charge < -0.3 is 20.1 Å². The molecule has 0 aliphatic carbocycles. The maximum atomic E-state index is 13.2. The number of benzene rings is 1. The van der Waals surface area contributed by atoms with E-state index in [0.29, 0.717) is 22.9 Å². The van der Waals surface area contributed by atoms with E-state index in [0.717, 1.165) is 12.1 Å². The average Bonchev–Trinajstić information content (AvgIpc) is 2.88. The third kappa shape index (κ3) is 6.10. The van der Waals surface area contributed by atoms with Gasteiger partial charge in [-0.05, 0) is 43.3 Å². The fraction of sp³-hybridized carbons (Fsp3) is 0.160. The van der Waals surface area contributed by atoms with Gasteiger partial charge in [0.15, 0.2) is 0 Å². The number of amides is 1. The maximum absolute atomic E-state index is 13.2. The molecule has 37 heavy (non-hydrogen) atoms. The summed E-state index contributed by atoms with van der Waals surface area (Å²) in [6.45, 7) is 1.65. The molecule has 190 valence electrons. The molecule has 0 spiro atoms. The Morgan fingerprint density at radius 2 is 1.81 bits per heavy atom. The van der Waals surface area contributed by atoms with Crippen LogP contribution >= 0.6 is 0 Å². The van der Waals surface area contributed by atoms with Crippen molar-refractivity contribution < 1.29 is 27.4 Å². The van der Waals surface area contributed by atoms with Crippen LogP contribution in [0.3, 0.4) is 0 Å². The van der Waals surface area contributed by atoms with Crippen molar-refractivity contribution in [3.05, 3.63) is 77.7 Å². The summed E-state index contributed by atoms with van der Waals surface area (Å²) in [5.41, 5.74) is 0.645. The lowest BCUT2D eigenvalue weighted by molar-refractivity contribution is -0.137. The van der Waals surface area contributed by atoms with Crippen molar-refractivity contribution in [3.63, 3.8) is 0 Å². The van der Waals surface area contributed by atoms with Crippen molar-refractivity contribution in [2.75, 3.05) is 24.8 Å². The van der Waals surface area contributed by atoms with E-state index < -0.39 is 17.6 Å². The van der Waals surface area contributed by atoms with Gasteiger partial charge in [0.25, 0.3) is 5.91 Å². The molecule has 0 saturated heterocycles. The van der Waals surface area contributed by atoms with E-state index in [-0.39, 0.29) is 28.8 Å². The number of nitrogens with zero attached hydrogens (tertiary/aromatic N) is 4. The molecule has 4 aromatic rings. The number of aromatic nitrogens is 4. The second-order valence-corrected chi connectivity index (χ2v) is 7.71. The van der Waals surface area contributed by atoms with E-state index in [1.165, 1.54) is 31.5 Å². The highest BCUT2D eigenvalue weighted by atomic mass is 19.4. The summed E-state index contributed by atoms with van der Waals surface area (Å²) < 4.78 is 50.6. The van der Waals surface area contributed by atoms with E-state index in [2.05, 4.69) is 30.6 Å². The van der Waals surface area contributed by atoms with E-state index in [1.807, 2.05) is 0 Å². The third-order valence-corrected chi connectivity index (χ3v) is 5.05. The van der Waals surface area contributed by atoms with Gasteiger partial charge in [0.2, 0.25) is 17.7 Å². The highest BCUT2D eigenvalue weighted by molar-refractivity contribution is 6.04. The zero-order chi connectivity index (χ0) is 26.6. The number of hydrogen-bond donors (Lipinski definition) is 2. The number of rotatable bonds is 7. The molecule has 0 aliphatic rings. The van der Waals surface area contributed by atoms with Crippen LogP contribution in [0.15, 0.2) is 60.9 Å².